The lowest BCUT2D eigenvalue weighted by Crippen LogP contribution is -2.02. The molecule has 2 N–H and O–H groups in total. The van der Waals surface area contributed by atoms with Crippen LogP contribution in [0, 0.1) is 5.92 Å². The van der Waals surface area contributed by atoms with Crippen molar-refractivity contribution >= 4 is 11.0 Å². The van der Waals surface area contributed by atoms with Crippen molar-refractivity contribution in [1.82, 2.24) is 5.16 Å². The highest BCUT2D eigenvalue weighted by molar-refractivity contribution is 5.80. The van der Waals surface area contributed by atoms with E-state index in [1.807, 2.05) is 6.07 Å². The lowest BCUT2D eigenvalue weighted by Gasteiger charge is -2.00. The first-order chi connectivity index (χ1) is 7.70. The Kier molecular flexibility index (Phi) is 3.25. The zero-order valence-electron chi connectivity index (χ0n) is 9.86. The second-order valence-corrected chi connectivity index (χ2v) is 4.60. The summed E-state index contributed by atoms with van der Waals surface area (Å²) in [4.78, 5) is 0. The number of hydrogen-bond donors (Lipinski definition) is 1. The second-order valence-electron chi connectivity index (χ2n) is 4.60. The Labute approximate surface area is 95.6 Å². The molecule has 16 heavy (non-hydrogen) atoms. The molecule has 0 aliphatic carbocycles. The van der Waals surface area contributed by atoms with Gasteiger partial charge in [-0.3, -0.25) is 0 Å². The fourth-order valence-corrected chi connectivity index (χ4v) is 1.89. The molecule has 0 fully saturated rings. The second kappa shape index (κ2) is 4.66. The Hall–Kier alpha value is -1.35. The van der Waals surface area contributed by atoms with Crippen molar-refractivity contribution in [3.05, 3.63) is 29.5 Å². The van der Waals surface area contributed by atoms with Crippen molar-refractivity contribution in [1.29, 1.82) is 0 Å². The van der Waals surface area contributed by atoms with Crippen LogP contribution in [0.1, 0.15) is 25.1 Å². The van der Waals surface area contributed by atoms with Crippen molar-refractivity contribution in [2.24, 2.45) is 11.7 Å². The van der Waals surface area contributed by atoms with Gasteiger partial charge in [0.25, 0.3) is 0 Å². The maximum atomic E-state index is 5.53. The van der Waals surface area contributed by atoms with E-state index >= 15 is 0 Å². The number of benzene rings is 1. The molecule has 3 heteroatoms. The summed E-state index contributed by atoms with van der Waals surface area (Å²) < 4.78 is 5.35. The normalized spacial score (nSPS) is 11.5. The van der Waals surface area contributed by atoms with E-state index < -0.39 is 0 Å². The zero-order chi connectivity index (χ0) is 11.5. The minimum Gasteiger partial charge on any atom is -0.356 e. The fraction of sp³-hybridized carbons (Fsp3) is 0.462. The summed E-state index contributed by atoms with van der Waals surface area (Å²) in [5, 5.41) is 5.26. The van der Waals surface area contributed by atoms with Crippen LogP contribution in [0.5, 0.6) is 0 Å². The maximum Gasteiger partial charge on any atom is 0.167 e. The molecule has 2 aromatic rings. The lowest BCUT2D eigenvalue weighted by atomic mass is 10.0. The van der Waals surface area contributed by atoms with Gasteiger partial charge >= 0.3 is 0 Å². The Morgan fingerprint density at radius 3 is 2.88 bits per heavy atom. The summed E-state index contributed by atoms with van der Waals surface area (Å²) in [6.07, 6.45) is 1.85. The van der Waals surface area contributed by atoms with E-state index in [-0.39, 0.29) is 0 Å². The SMILES string of the molecule is CC(C)Cc1noc2cc(CCN)ccc12. The van der Waals surface area contributed by atoms with Crippen molar-refractivity contribution in [3.63, 3.8) is 0 Å². The van der Waals surface area contributed by atoms with Crippen molar-refractivity contribution in [2.75, 3.05) is 6.54 Å². The van der Waals surface area contributed by atoms with Gasteiger partial charge in [0.2, 0.25) is 0 Å². The fourth-order valence-electron chi connectivity index (χ4n) is 1.89. The number of fused-ring (bicyclic) bond motifs is 1. The minimum atomic E-state index is 0.594. The van der Waals surface area contributed by atoms with E-state index in [1.54, 1.807) is 0 Å². The van der Waals surface area contributed by atoms with Gasteiger partial charge in [0, 0.05) is 5.39 Å². The highest BCUT2D eigenvalue weighted by Gasteiger charge is 2.09. The van der Waals surface area contributed by atoms with Gasteiger partial charge in [0.15, 0.2) is 5.58 Å². The molecule has 0 saturated carbocycles. The van der Waals surface area contributed by atoms with Crippen LogP contribution < -0.4 is 5.73 Å². The quantitative estimate of drug-likeness (QED) is 0.858. The smallest absolute Gasteiger partial charge is 0.167 e. The van der Waals surface area contributed by atoms with E-state index in [4.69, 9.17) is 10.3 Å². The van der Waals surface area contributed by atoms with E-state index in [9.17, 15) is 0 Å². The van der Waals surface area contributed by atoms with Gasteiger partial charge < -0.3 is 10.3 Å². The molecule has 0 saturated heterocycles. The third kappa shape index (κ3) is 2.25. The van der Waals surface area contributed by atoms with Gasteiger partial charge in [0.05, 0.1) is 5.69 Å². The topological polar surface area (TPSA) is 52.0 Å². The standard InChI is InChI=1S/C13H18N2O/c1-9(2)7-12-11-4-3-10(5-6-14)8-13(11)16-15-12/h3-4,8-9H,5-7,14H2,1-2H3. The molecule has 0 radical (unpaired) electrons. The molecule has 1 aromatic carbocycles. The number of nitrogens with two attached hydrogens (primary N) is 1. The third-order valence-corrected chi connectivity index (χ3v) is 2.65. The van der Waals surface area contributed by atoms with Gasteiger partial charge in [-0.25, -0.2) is 0 Å². The average molecular weight is 218 g/mol. The van der Waals surface area contributed by atoms with E-state index in [0.29, 0.717) is 12.5 Å². The molecule has 3 nitrogen and oxygen atoms in total. The molecule has 0 amide bonds. The predicted octanol–water partition coefficient (Wildman–Crippen LogP) is 2.53. The monoisotopic (exact) mass is 218 g/mol. The van der Waals surface area contributed by atoms with Crippen LogP contribution in [0.3, 0.4) is 0 Å². The molecule has 0 bridgehead atoms. The van der Waals surface area contributed by atoms with Gasteiger partial charge in [-0.2, -0.15) is 0 Å². The molecule has 0 aliphatic rings. The van der Waals surface area contributed by atoms with Crippen LogP contribution in [0.25, 0.3) is 11.0 Å². The maximum absolute atomic E-state index is 5.53. The van der Waals surface area contributed by atoms with E-state index in [0.717, 1.165) is 29.5 Å². The summed E-state index contributed by atoms with van der Waals surface area (Å²) in [5.74, 6) is 0.594. The molecule has 86 valence electrons. The summed E-state index contributed by atoms with van der Waals surface area (Å²) in [7, 11) is 0. The molecule has 1 aromatic heterocycles. The van der Waals surface area contributed by atoms with Gasteiger partial charge in [-0.1, -0.05) is 25.1 Å². The van der Waals surface area contributed by atoms with Crippen LogP contribution in [0.4, 0.5) is 0 Å². The first-order valence-electron chi connectivity index (χ1n) is 5.78. The minimum absolute atomic E-state index is 0.594. The number of aromatic nitrogens is 1. The number of hydrogen-bond acceptors (Lipinski definition) is 3. The first kappa shape index (κ1) is 11.1. The first-order valence-corrected chi connectivity index (χ1v) is 5.78. The Morgan fingerprint density at radius 1 is 1.38 bits per heavy atom. The Bertz CT molecular complexity index is 474. The van der Waals surface area contributed by atoms with Gasteiger partial charge in [0.1, 0.15) is 0 Å². The number of nitrogens with zero attached hydrogens (tertiary/aromatic N) is 1. The van der Waals surface area contributed by atoms with Crippen molar-refractivity contribution in [3.8, 4) is 0 Å². The summed E-state index contributed by atoms with van der Waals surface area (Å²) in [5.41, 5.74) is 8.68. The summed E-state index contributed by atoms with van der Waals surface area (Å²) >= 11 is 0. The highest BCUT2D eigenvalue weighted by atomic mass is 16.5. The molecular formula is C13H18N2O. The van der Waals surface area contributed by atoms with Crippen LogP contribution in [-0.2, 0) is 12.8 Å². The zero-order valence-corrected chi connectivity index (χ0v) is 9.86. The largest absolute Gasteiger partial charge is 0.356 e. The predicted molar refractivity (Wildman–Crippen MR) is 65.3 cm³/mol. The van der Waals surface area contributed by atoms with Gasteiger partial charge in [-0.15, -0.1) is 0 Å². The van der Waals surface area contributed by atoms with E-state index in [1.165, 1.54) is 5.56 Å². The molecule has 0 aliphatic heterocycles. The lowest BCUT2D eigenvalue weighted by molar-refractivity contribution is 0.439. The highest BCUT2D eigenvalue weighted by Crippen LogP contribution is 2.22. The molecule has 0 spiro atoms. The van der Waals surface area contributed by atoms with Crippen LogP contribution >= 0.6 is 0 Å². The van der Waals surface area contributed by atoms with Gasteiger partial charge in [-0.05, 0) is 43.0 Å². The molecular weight excluding hydrogens is 200 g/mol. The van der Waals surface area contributed by atoms with E-state index in [2.05, 4.69) is 31.1 Å². The average Bonchev–Trinajstić information content (AvgIpc) is 2.61. The summed E-state index contributed by atoms with van der Waals surface area (Å²) in [6.45, 7) is 5.03. The van der Waals surface area contributed by atoms with Crippen molar-refractivity contribution in [2.45, 2.75) is 26.7 Å². The van der Waals surface area contributed by atoms with Crippen LogP contribution in [0.2, 0.25) is 0 Å². The van der Waals surface area contributed by atoms with Crippen LogP contribution in [-0.4, -0.2) is 11.7 Å². The Balaban J connectivity index is 2.34. The van der Waals surface area contributed by atoms with Crippen LogP contribution in [0.15, 0.2) is 22.7 Å². The molecule has 0 atom stereocenters. The summed E-state index contributed by atoms with van der Waals surface area (Å²) in [6, 6.07) is 6.24. The number of rotatable bonds is 4. The molecule has 2 rings (SSSR count). The van der Waals surface area contributed by atoms with Crippen molar-refractivity contribution < 1.29 is 4.52 Å². The third-order valence-electron chi connectivity index (χ3n) is 2.65. The molecule has 1 heterocycles. The molecule has 0 unspecified atom stereocenters. The Morgan fingerprint density at radius 2 is 2.19 bits per heavy atom.